The highest BCUT2D eigenvalue weighted by molar-refractivity contribution is 5.97. The first-order chi connectivity index (χ1) is 12.3. The number of nitrogens with zero attached hydrogens (tertiary/aromatic N) is 1. The lowest BCUT2D eigenvalue weighted by atomic mass is 9.90. The molecule has 1 aromatic heterocycles. The minimum atomic E-state index is -0.474. The molecule has 9 heteroatoms. The van der Waals surface area contributed by atoms with Crippen LogP contribution in [-0.2, 0) is 4.79 Å². The number of imidazole rings is 1. The zero-order chi connectivity index (χ0) is 18.8. The number of hydrogen-bond donors (Lipinski definition) is 4. The van der Waals surface area contributed by atoms with Gasteiger partial charge >= 0.3 is 5.69 Å². The van der Waals surface area contributed by atoms with Gasteiger partial charge in [-0.1, -0.05) is 0 Å². The molecule has 5 N–H and O–H groups in total. The van der Waals surface area contributed by atoms with Crippen LogP contribution in [0.15, 0.2) is 23.0 Å². The number of amides is 2. The molecule has 1 aliphatic heterocycles. The summed E-state index contributed by atoms with van der Waals surface area (Å²) in [5, 5.41) is 3.03. The van der Waals surface area contributed by atoms with E-state index >= 15 is 0 Å². The van der Waals surface area contributed by atoms with Gasteiger partial charge in [-0.3, -0.25) is 9.59 Å². The summed E-state index contributed by atoms with van der Waals surface area (Å²) in [6.07, 6.45) is 1.67. The maximum atomic E-state index is 12.5. The second-order valence-corrected chi connectivity index (χ2v) is 7.05. The highest BCUT2D eigenvalue weighted by atomic mass is 35.5. The molecule has 1 aliphatic rings. The lowest BCUT2D eigenvalue weighted by molar-refractivity contribution is -0.133. The summed E-state index contributed by atoms with van der Waals surface area (Å²) in [4.78, 5) is 42.9. The van der Waals surface area contributed by atoms with Gasteiger partial charge in [-0.15, -0.1) is 12.4 Å². The molecule has 3 rings (SSSR count). The van der Waals surface area contributed by atoms with Crippen molar-refractivity contribution >= 4 is 35.3 Å². The molecule has 2 aromatic rings. The zero-order valence-electron chi connectivity index (χ0n) is 15.5. The Labute approximate surface area is 163 Å². The van der Waals surface area contributed by atoms with Crippen LogP contribution in [0.2, 0.25) is 0 Å². The Morgan fingerprint density at radius 3 is 2.44 bits per heavy atom. The molecule has 1 fully saturated rings. The van der Waals surface area contributed by atoms with Crippen molar-refractivity contribution in [3.63, 3.8) is 0 Å². The Bertz CT molecular complexity index is 867. The minimum Gasteiger partial charge on any atom is -0.349 e. The van der Waals surface area contributed by atoms with Crippen molar-refractivity contribution in [2.75, 3.05) is 13.1 Å². The van der Waals surface area contributed by atoms with Gasteiger partial charge in [0.05, 0.1) is 17.1 Å². The smallest absolute Gasteiger partial charge is 0.323 e. The molecule has 2 unspecified atom stereocenters. The largest absolute Gasteiger partial charge is 0.349 e. The molecule has 27 heavy (non-hydrogen) atoms. The number of fused-ring (bicyclic) bond motifs is 1. The van der Waals surface area contributed by atoms with Crippen LogP contribution in [0, 0.1) is 5.92 Å². The second-order valence-electron chi connectivity index (χ2n) is 7.05. The SMILES string of the molecule is CC(N)C(=O)N1CCC(C(C)NC(=O)c2ccc3[nH]c(=O)[nH]c3c2)CC1.Cl. The van der Waals surface area contributed by atoms with Crippen molar-refractivity contribution in [2.24, 2.45) is 11.7 Å². The number of hydrogen-bond acceptors (Lipinski definition) is 4. The van der Waals surface area contributed by atoms with E-state index in [1.165, 1.54) is 0 Å². The van der Waals surface area contributed by atoms with E-state index in [-0.39, 0.29) is 36.0 Å². The molecule has 1 aromatic carbocycles. The normalized spacial score (nSPS) is 17.2. The van der Waals surface area contributed by atoms with Crippen LogP contribution in [0.5, 0.6) is 0 Å². The Kier molecular flexibility index (Phi) is 6.67. The minimum absolute atomic E-state index is 0. The van der Waals surface area contributed by atoms with E-state index < -0.39 is 6.04 Å². The first-order valence-electron chi connectivity index (χ1n) is 8.92. The van der Waals surface area contributed by atoms with E-state index in [0.717, 1.165) is 12.8 Å². The molecule has 2 heterocycles. The second kappa shape index (κ2) is 8.58. The quantitative estimate of drug-likeness (QED) is 0.616. The van der Waals surface area contributed by atoms with Crippen LogP contribution in [0.1, 0.15) is 37.0 Å². The number of rotatable bonds is 4. The third kappa shape index (κ3) is 4.70. The molecule has 0 spiro atoms. The van der Waals surface area contributed by atoms with Gasteiger partial charge in [-0.2, -0.15) is 0 Å². The molecule has 0 aliphatic carbocycles. The fourth-order valence-electron chi connectivity index (χ4n) is 3.49. The van der Waals surface area contributed by atoms with Crippen molar-refractivity contribution in [2.45, 2.75) is 38.8 Å². The van der Waals surface area contributed by atoms with E-state index in [1.807, 2.05) is 6.92 Å². The Morgan fingerprint density at radius 2 is 1.81 bits per heavy atom. The molecule has 0 radical (unpaired) electrons. The van der Waals surface area contributed by atoms with Crippen LogP contribution < -0.4 is 16.7 Å². The summed E-state index contributed by atoms with van der Waals surface area (Å²) in [5.41, 5.74) is 7.15. The highest BCUT2D eigenvalue weighted by Gasteiger charge is 2.28. The van der Waals surface area contributed by atoms with Gasteiger partial charge in [-0.05, 0) is 50.8 Å². The number of aromatic nitrogens is 2. The first-order valence-corrected chi connectivity index (χ1v) is 8.92. The summed E-state index contributed by atoms with van der Waals surface area (Å²) in [6.45, 7) is 5.03. The number of likely N-dealkylation sites (tertiary alicyclic amines) is 1. The van der Waals surface area contributed by atoms with Crippen molar-refractivity contribution < 1.29 is 9.59 Å². The molecule has 0 saturated carbocycles. The Balaban J connectivity index is 0.00000261. The summed E-state index contributed by atoms with van der Waals surface area (Å²) in [6, 6.07) is 4.59. The number of aromatic amines is 2. The fraction of sp³-hybridized carbons (Fsp3) is 0.500. The van der Waals surface area contributed by atoms with E-state index in [2.05, 4.69) is 15.3 Å². The third-order valence-corrected chi connectivity index (χ3v) is 5.08. The lowest BCUT2D eigenvalue weighted by Gasteiger charge is -2.35. The highest BCUT2D eigenvalue weighted by Crippen LogP contribution is 2.21. The number of H-pyrrole nitrogens is 2. The summed E-state index contributed by atoms with van der Waals surface area (Å²) in [7, 11) is 0. The Hall–Kier alpha value is -2.32. The van der Waals surface area contributed by atoms with Crippen LogP contribution in [0.3, 0.4) is 0 Å². The molecular weight excluding hydrogens is 370 g/mol. The van der Waals surface area contributed by atoms with Crippen molar-refractivity contribution in [3.8, 4) is 0 Å². The van der Waals surface area contributed by atoms with Gasteiger partial charge in [0, 0.05) is 24.7 Å². The Morgan fingerprint density at radius 1 is 1.19 bits per heavy atom. The molecule has 2 amide bonds. The monoisotopic (exact) mass is 395 g/mol. The third-order valence-electron chi connectivity index (χ3n) is 5.08. The van der Waals surface area contributed by atoms with Gasteiger partial charge in [0.15, 0.2) is 0 Å². The predicted molar refractivity (Wildman–Crippen MR) is 106 cm³/mol. The van der Waals surface area contributed by atoms with Crippen LogP contribution in [0.25, 0.3) is 11.0 Å². The molecule has 0 bridgehead atoms. The number of nitrogens with two attached hydrogens (primary N) is 1. The van der Waals surface area contributed by atoms with Crippen LogP contribution in [0.4, 0.5) is 0 Å². The number of piperidine rings is 1. The molecule has 2 atom stereocenters. The van der Waals surface area contributed by atoms with E-state index in [4.69, 9.17) is 5.73 Å². The standard InChI is InChI=1S/C18H25N5O3.ClH/c1-10(19)17(25)23-7-5-12(6-8-23)11(2)20-16(24)13-3-4-14-15(9-13)22-18(26)21-14;/h3-4,9-12H,5-8,19H2,1-2H3,(H,20,24)(H2,21,22,26);1H. The van der Waals surface area contributed by atoms with Crippen molar-refractivity contribution in [3.05, 3.63) is 34.2 Å². The van der Waals surface area contributed by atoms with Gasteiger partial charge in [-0.25, -0.2) is 4.79 Å². The van der Waals surface area contributed by atoms with E-state index in [0.29, 0.717) is 35.6 Å². The molecule has 148 valence electrons. The molecule has 8 nitrogen and oxygen atoms in total. The van der Waals surface area contributed by atoms with Crippen LogP contribution in [-0.4, -0.2) is 51.9 Å². The summed E-state index contributed by atoms with van der Waals surface area (Å²) < 4.78 is 0. The average molecular weight is 396 g/mol. The van der Waals surface area contributed by atoms with Crippen LogP contribution >= 0.6 is 12.4 Å². The van der Waals surface area contributed by atoms with Gasteiger partial charge in [0.2, 0.25) is 5.91 Å². The molecular formula is C18H26ClN5O3. The maximum absolute atomic E-state index is 12.5. The summed E-state index contributed by atoms with van der Waals surface area (Å²) >= 11 is 0. The number of carbonyl (C=O) groups excluding carboxylic acids is 2. The number of benzene rings is 1. The lowest BCUT2D eigenvalue weighted by Crippen LogP contribution is -2.49. The zero-order valence-corrected chi connectivity index (χ0v) is 16.3. The number of nitrogens with one attached hydrogen (secondary N) is 3. The van der Waals surface area contributed by atoms with E-state index in [1.54, 1.807) is 30.0 Å². The van der Waals surface area contributed by atoms with Gasteiger partial charge in [0.25, 0.3) is 5.91 Å². The predicted octanol–water partition coefficient (Wildman–Crippen LogP) is 0.982. The van der Waals surface area contributed by atoms with E-state index in [9.17, 15) is 14.4 Å². The van der Waals surface area contributed by atoms with Gasteiger partial charge in [0.1, 0.15) is 0 Å². The van der Waals surface area contributed by atoms with Crippen molar-refractivity contribution in [1.82, 2.24) is 20.2 Å². The first kappa shape index (κ1) is 21.0. The number of carbonyl (C=O) groups is 2. The topological polar surface area (TPSA) is 124 Å². The fourth-order valence-corrected chi connectivity index (χ4v) is 3.49. The number of halogens is 1. The van der Waals surface area contributed by atoms with Crippen molar-refractivity contribution in [1.29, 1.82) is 0 Å². The average Bonchev–Trinajstić information content (AvgIpc) is 3.00. The summed E-state index contributed by atoms with van der Waals surface area (Å²) in [5.74, 6) is 0.122. The maximum Gasteiger partial charge on any atom is 0.323 e. The van der Waals surface area contributed by atoms with Gasteiger partial charge < -0.3 is 25.9 Å². The molecule has 1 saturated heterocycles.